The van der Waals surface area contributed by atoms with Crippen molar-refractivity contribution >= 4 is 5.91 Å². The van der Waals surface area contributed by atoms with Crippen LogP contribution >= 0.6 is 0 Å². The molecule has 2 aromatic rings. The Hall–Kier alpha value is -2.07. The van der Waals surface area contributed by atoms with Crippen molar-refractivity contribution in [3.05, 3.63) is 59.4 Å². The second kappa shape index (κ2) is 6.14. The lowest BCUT2D eigenvalue weighted by Gasteiger charge is -2.34. The third-order valence-corrected chi connectivity index (χ3v) is 4.14. The van der Waals surface area contributed by atoms with Gasteiger partial charge in [0.05, 0.1) is 0 Å². The van der Waals surface area contributed by atoms with Crippen molar-refractivity contribution in [2.24, 2.45) is 0 Å². The Labute approximate surface area is 125 Å². The van der Waals surface area contributed by atoms with Crippen LogP contribution in [0.25, 0.3) is 0 Å². The van der Waals surface area contributed by atoms with Crippen molar-refractivity contribution < 1.29 is 4.79 Å². The molecule has 110 valence electrons. The van der Waals surface area contributed by atoms with Gasteiger partial charge < -0.3 is 9.88 Å². The van der Waals surface area contributed by atoms with Gasteiger partial charge in [-0.3, -0.25) is 9.69 Å². The minimum Gasteiger partial charge on any atom is -0.357 e. The van der Waals surface area contributed by atoms with Crippen LogP contribution in [0.15, 0.2) is 42.6 Å². The van der Waals surface area contributed by atoms with Crippen LogP contribution in [0.5, 0.6) is 0 Å². The number of nitrogens with one attached hydrogen (secondary N) is 1. The molecule has 1 saturated heterocycles. The van der Waals surface area contributed by atoms with E-state index in [2.05, 4.69) is 41.1 Å². The molecular weight excluding hydrogens is 262 g/mol. The normalized spacial score (nSPS) is 16.1. The van der Waals surface area contributed by atoms with Gasteiger partial charge in [-0.1, -0.05) is 24.3 Å². The Morgan fingerprint density at radius 2 is 1.86 bits per heavy atom. The van der Waals surface area contributed by atoms with Gasteiger partial charge >= 0.3 is 0 Å². The summed E-state index contributed by atoms with van der Waals surface area (Å²) < 4.78 is 0. The first-order valence-corrected chi connectivity index (χ1v) is 7.43. The van der Waals surface area contributed by atoms with Gasteiger partial charge in [-0.2, -0.15) is 0 Å². The predicted molar refractivity (Wildman–Crippen MR) is 83.2 cm³/mol. The first kappa shape index (κ1) is 13.9. The highest BCUT2D eigenvalue weighted by atomic mass is 16.2. The average Bonchev–Trinajstić information content (AvgIpc) is 3.04. The summed E-state index contributed by atoms with van der Waals surface area (Å²) in [6.45, 7) is 6.58. The molecule has 0 spiro atoms. The number of aromatic nitrogens is 1. The number of H-pyrrole nitrogens is 1. The molecule has 0 atom stereocenters. The van der Waals surface area contributed by atoms with E-state index in [0.717, 1.165) is 32.7 Å². The van der Waals surface area contributed by atoms with Crippen molar-refractivity contribution in [3.63, 3.8) is 0 Å². The Balaban J connectivity index is 1.56. The molecule has 1 fully saturated rings. The second-order valence-corrected chi connectivity index (χ2v) is 5.58. The summed E-state index contributed by atoms with van der Waals surface area (Å²) in [5.41, 5.74) is 3.39. The lowest BCUT2D eigenvalue weighted by Crippen LogP contribution is -2.48. The molecule has 1 aromatic heterocycles. The van der Waals surface area contributed by atoms with E-state index in [1.165, 1.54) is 11.1 Å². The molecule has 1 aliphatic heterocycles. The number of nitrogens with zero attached hydrogens (tertiary/aromatic N) is 2. The van der Waals surface area contributed by atoms with Crippen molar-refractivity contribution in [2.75, 3.05) is 26.2 Å². The number of aryl methyl sites for hydroxylation is 1. The summed E-state index contributed by atoms with van der Waals surface area (Å²) in [4.78, 5) is 19.6. The molecule has 4 heteroatoms. The molecule has 1 N–H and O–H groups in total. The summed E-state index contributed by atoms with van der Waals surface area (Å²) in [6, 6.07) is 12.2. The van der Waals surface area contributed by atoms with Crippen LogP contribution in [0.1, 0.15) is 21.6 Å². The molecule has 2 heterocycles. The molecule has 3 rings (SSSR count). The average molecular weight is 283 g/mol. The topological polar surface area (TPSA) is 39.3 Å². The summed E-state index contributed by atoms with van der Waals surface area (Å²) in [5, 5.41) is 0. The van der Waals surface area contributed by atoms with Gasteiger partial charge in [0.15, 0.2) is 0 Å². The van der Waals surface area contributed by atoms with Crippen LogP contribution in [-0.4, -0.2) is 46.9 Å². The van der Waals surface area contributed by atoms with Gasteiger partial charge in [-0.25, -0.2) is 0 Å². The molecule has 0 unspecified atom stereocenters. The number of hydrogen-bond donors (Lipinski definition) is 1. The van der Waals surface area contributed by atoms with E-state index in [0.29, 0.717) is 5.69 Å². The van der Waals surface area contributed by atoms with Crippen LogP contribution in [0, 0.1) is 6.92 Å². The maximum absolute atomic E-state index is 12.3. The van der Waals surface area contributed by atoms with E-state index in [-0.39, 0.29) is 5.91 Å². The lowest BCUT2D eigenvalue weighted by molar-refractivity contribution is 0.0623. The third-order valence-electron chi connectivity index (χ3n) is 4.14. The van der Waals surface area contributed by atoms with Crippen molar-refractivity contribution in [1.82, 2.24) is 14.8 Å². The quantitative estimate of drug-likeness (QED) is 0.938. The largest absolute Gasteiger partial charge is 0.357 e. The fraction of sp³-hybridized carbons (Fsp3) is 0.353. The van der Waals surface area contributed by atoms with Gasteiger partial charge in [0, 0.05) is 38.9 Å². The zero-order valence-corrected chi connectivity index (χ0v) is 12.4. The molecule has 0 radical (unpaired) electrons. The van der Waals surface area contributed by atoms with E-state index in [1.54, 1.807) is 6.20 Å². The van der Waals surface area contributed by atoms with Gasteiger partial charge in [-0.05, 0) is 30.2 Å². The molecule has 0 saturated carbocycles. The molecule has 0 bridgehead atoms. The van der Waals surface area contributed by atoms with Crippen LogP contribution in [-0.2, 0) is 6.54 Å². The molecule has 1 aliphatic rings. The summed E-state index contributed by atoms with van der Waals surface area (Å²) in [7, 11) is 0. The van der Waals surface area contributed by atoms with Gasteiger partial charge in [0.25, 0.3) is 5.91 Å². The Kier molecular flexibility index (Phi) is 4.06. The number of amides is 1. The molecule has 0 aliphatic carbocycles. The fourth-order valence-corrected chi connectivity index (χ4v) is 2.77. The van der Waals surface area contributed by atoms with Crippen LogP contribution in [0.4, 0.5) is 0 Å². The number of piperazine rings is 1. The number of rotatable bonds is 3. The van der Waals surface area contributed by atoms with E-state index < -0.39 is 0 Å². The second-order valence-electron chi connectivity index (χ2n) is 5.58. The van der Waals surface area contributed by atoms with Crippen LogP contribution in [0.2, 0.25) is 0 Å². The summed E-state index contributed by atoms with van der Waals surface area (Å²) >= 11 is 0. The molecule has 1 amide bonds. The Morgan fingerprint density at radius 3 is 2.52 bits per heavy atom. The highest BCUT2D eigenvalue weighted by Gasteiger charge is 2.22. The summed E-state index contributed by atoms with van der Waals surface area (Å²) in [6.07, 6.45) is 1.79. The number of aromatic amines is 1. The van der Waals surface area contributed by atoms with Crippen LogP contribution in [0.3, 0.4) is 0 Å². The minimum absolute atomic E-state index is 0.107. The molecule has 1 aromatic carbocycles. The summed E-state index contributed by atoms with van der Waals surface area (Å²) in [5.74, 6) is 0.107. The lowest BCUT2D eigenvalue weighted by atomic mass is 10.1. The highest BCUT2D eigenvalue weighted by Crippen LogP contribution is 2.13. The third kappa shape index (κ3) is 3.16. The van der Waals surface area contributed by atoms with E-state index in [1.807, 2.05) is 17.0 Å². The van der Waals surface area contributed by atoms with Crippen molar-refractivity contribution in [3.8, 4) is 0 Å². The smallest absolute Gasteiger partial charge is 0.270 e. The SMILES string of the molecule is Cc1ccccc1CN1CCN(C(=O)c2ccc[nH]2)CC1. The predicted octanol–water partition coefficient (Wildman–Crippen LogP) is 2.28. The van der Waals surface area contributed by atoms with E-state index >= 15 is 0 Å². The number of benzene rings is 1. The van der Waals surface area contributed by atoms with Crippen LogP contribution < -0.4 is 0 Å². The maximum atomic E-state index is 12.3. The number of carbonyl (C=O) groups is 1. The minimum atomic E-state index is 0.107. The Bertz CT molecular complexity index is 598. The number of carbonyl (C=O) groups excluding carboxylic acids is 1. The van der Waals surface area contributed by atoms with E-state index in [4.69, 9.17) is 0 Å². The first-order chi connectivity index (χ1) is 10.2. The van der Waals surface area contributed by atoms with Gasteiger partial charge in [0.2, 0.25) is 0 Å². The fourth-order valence-electron chi connectivity index (χ4n) is 2.77. The maximum Gasteiger partial charge on any atom is 0.270 e. The van der Waals surface area contributed by atoms with Gasteiger partial charge in [0.1, 0.15) is 5.69 Å². The molecule has 4 nitrogen and oxygen atoms in total. The monoisotopic (exact) mass is 283 g/mol. The van der Waals surface area contributed by atoms with Crippen molar-refractivity contribution in [1.29, 1.82) is 0 Å². The molecule has 21 heavy (non-hydrogen) atoms. The van der Waals surface area contributed by atoms with E-state index in [9.17, 15) is 4.79 Å². The zero-order valence-electron chi connectivity index (χ0n) is 12.4. The number of hydrogen-bond acceptors (Lipinski definition) is 2. The van der Waals surface area contributed by atoms with Gasteiger partial charge in [-0.15, -0.1) is 0 Å². The molecular formula is C17H21N3O. The highest BCUT2D eigenvalue weighted by molar-refractivity contribution is 5.92. The van der Waals surface area contributed by atoms with Crippen molar-refractivity contribution in [2.45, 2.75) is 13.5 Å². The first-order valence-electron chi connectivity index (χ1n) is 7.43. The zero-order chi connectivity index (χ0) is 14.7. The Morgan fingerprint density at radius 1 is 1.10 bits per heavy atom. The standard InChI is InChI=1S/C17H21N3O/c1-14-5-2-3-6-15(14)13-19-9-11-20(12-10-19)17(21)16-7-4-8-18-16/h2-8,18H,9-13H2,1H3.